The van der Waals surface area contributed by atoms with Crippen LogP contribution < -0.4 is 10.6 Å². The van der Waals surface area contributed by atoms with E-state index in [0.29, 0.717) is 28.8 Å². The van der Waals surface area contributed by atoms with Crippen molar-refractivity contribution in [2.75, 3.05) is 25.0 Å². The first-order valence-electron chi connectivity index (χ1n) is 12.8. The lowest BCUT2D eigenvalue weighted by Gasteiger charge is -2.44. The summed E-state index contributed by atoms with van der Waals surface area (Å²) in [7, 11) is 0. The van der Waals surface area contributed by atoms with Gasteiger partial charge in [-0.2, -0.15) is 0 Å². The van der Waals surface area contributed by atoms with Crippen molar-refractivity contribution >= 4 is 17.5 Å². The number of carbonyl (C=O) groups is 2. The van der Waals surface area contributed by atoms with Crippen LogP contribution in [0, 0.1) is 5.92 Å². The molecule has 2 aliphatic heterocycles. The minimum Gasteiger partial charge on any atom is -0.352 e. The van der Waals surface area contributed by atoms with E-state index in [4.69, 9.17) is 0 Å². The lowest BCUT2D eigenvalue weighted by atomic mass is 9.83. The van der Waals surface area contributed by atoms with Crippen molar-refractivity contribution in [2.24, 2.45) is 5.92 Å². The molecule has 5 heteroatoms. The molecule has 3 aromatic rings. The fraction of sp³-hybridized carbons (Fsp3) is 0.333. The summed E-state index contributed by atoms with van der Waals surface area (Å²) in [5.41, 5.74) is 3.79. The monoisotopic (exact) mass is 467 g/mol. The van der Waals surface area contributed by atoms with Crippen LogP contribution in [0.3, 0.4) is 0 Å². The van der Waals surface area contributed by atoms with Gasteiger partial charge in [0.1, 0.15) is 0 Å². The molecule has 5 rings (SSSR count). The highest BCUT2D eigenvalue weighted by molar-refractivity contribution is 6.08. The van der Waals surface area contributed by atoms with Crippen LogP contribution in [0.15, 0.2) is 78.9 Å². The summed E-state index contributed by atoms with van der Waals surface area (Å²) in [6.45, 7) is 3.14. The van der Waals surface area contributed by atoms with Crippen LogP contribution in [0.4, 0.5) is 5.69 Å². The van der Waals surface area contributed by atoms with Gasteiger partial charge in [-0.05, 0) is 86.1 Å². The molecule has 2 atom stereocenters. The maximum Gasteiger partial charge on any atom is 0.256 e. The molecule has 2 heterocycles. The Bertz CT molecular complexity index is 1160. The van der Waals surface area contributed by atoms with E-state index >= 15 is 0 Å². The average Bonchev–Trinajstić information content (AvgIpc) is 2.92. The Kier molecular flexibility index (Phi) is 7.24. The van der Waals surface area contributed by atoms with E-state index < -0.39 is 0 Å². The van der Waals surface area contributed by atoms with E-state index in [2.05, 4.69) is 15.5 Å². The van der Waals surface area contributed by atoms with Crippen molar-refractivity contribution in [3.05, 3.63) is 90.0 Å². The molecule has 2 aliphatic rings. The zero-order chi connectivity index (χ0) is 24.0. The summed E-state index contributed by atoms with van der Waals surface area (Å²) < 4.78 is 0. The number of amides is 2. The molecule has 5 nitrogen and oxygen atoms in total. The fourth-order valence-corrected chi connectivity index (χ4v) is 5.60. The van der Waals surface area contributed by atoms with Crippen LogP contribution in [0.2, 0.25) is 0 Å². The molecular weight excluding hydrogens is 434 g/mol. The standard InChI is InChI=1S/C30H33N3O2/c34-29(31-21-24-11-8-20-33-19-7-6-14-28(24)33)23-15-17-25(18-16-23)32-30(35)27-13-5-4-12-26(27)22-9-2-1-3-10-22/h1-5,9-10,12-13,15-18,24,28H,6-8,11,14,19-21H2,(H,31,34)(H,32,35)/t24-,28-/m1/s1. The van der Waals surface area contributed by atoms with Gasteiger partial charge < -0.3 is 15.5 Å². The third-order valence-corrected chi connectivity index (χ3v) is 7.41. The molecule has 0 bridgehead atoms. The predicted molar refractivity (Wildman–Crippen MR) is 141 cm³/mol. The smallest absolute Gasteiger partial charge is 0.256 e. The second-order valence-electron chi connectivity index (χ2n) is 9.65. The number of rotatable bonds is 6. The van der Waals surface area contributed by atoms with Crippen LogP contribution in [-0.4, -0.2) is 42.4 Å². The van der Waals surface area contributed by atoms with E-state index in [1.54, 1.807) is 24.3 Å². The highest BCUT2D eigenvalue weighted by Gasteiger charge is 2.32. The largest absolute Gasteiger partial charge is 0.352 e. The summed E-state index contributed by atoms with van der Waals surface area (Å²) in [4.78, 5) is 28.4. The second kappa shape index (κ2) is 10.9. The number of piperidine rings is 2. The zero-order valence-corrected chi connectivity index (χ0v) is 20.1. The van der Waals surface area contributed by atoms with Gasteiger partial charge in [0.05, 0.1) is 0 Å². The van der Waals surface area contributed by atoms with Gasteiger partial charge in [0.15, 0.2) is 0 Å². The Labute approximate surface area is 207 Å². The number of nitrogens with one attached hydrogen (secondary N) is 2. The number of anilines is 1. The Hall–Kier alpha value is -3.44. The van der Waals surface area contributed by atoms with Gasteiger partial charge >= 0.3 is 0 Å². The van der Waals surface area contributed by atoms with Crippen molar-refractivity contribution in [1.82, 2.24) is 10.2 Å². The highest BCUT2D eigenvalue weighted by atomic mass is 16.2. The van der Waals surface area contributed by atoms with Gasteiger partial charge in [0.2, 0.25) is 0 Å². The molecule has 0 aliphatic carbocycles. The first-order valence-corrected chi connectivity index (χ1v) is 12.8. The topological polar surface area (TPSA) is 61.4 Å². The summed E-state index contributed by atoms with van der Waals surface area (Å²) >= 11 is 0. The molecule has 2 N–H and O–H groups in total. The molecule has 0 aromatic heterocycles. The van der Waals surface area contributed by atoms with Gasteiger partial charge in [-0.15, -0.1) is 0 Å². The molecular formula is C30H33N3O2. The van der Waals surface area contributed by atoms with Crippen molar-refractivity contribution < 1.29 is 9.59 Å². The predicted octanol–water partition coefficient (Wildman–Crippen LogP) is 5.60. The molecule has 0 unspecified atom stereocenters. The molecule has 0 radical (unpaired) electrons. The number of benzene rings is 3. The van der Waals surface area contributed by atoms with Gasteiger partial charge in [0.25, 0.3) is 11.8 Å². The Morgan fingerprint density at radius 2 is 1.51 bits per heavy atom. The maximum absolute atomic E-state index is 13.0. The van der Waals surface area contributed by atoms with Crippen LogP contribution in [0.25, 0.3) is 11.1 Å². The van der Waals surface area contributed by atoms with E-state index in [0.717, 1.165) is 17.7 Å². The normalized spacial score (nSPS) is 20.0. The van der Waals surface area contributed by atoms with Crippen molar-refractivity contribution in [3.8, 4) is 11.1 Å². The van der Waals surface area contributed by atoms with Gasteiger partial charge in [-0.3, -0.25) is 9.59 Å². The molecule has 0 spiro atoms. The minimum atomic E-state index is -0.170. The van der Waals surface area contributed by atoms with Crippen LogP contribution in [-0.2, 0) is 0 Å². The van der Waals surface area contributed by atoms with E-state index in [9.17, 15) is 9.59 Å². The summed E-state index contributed by atoms with van der Waals surface area (Å²) in [6, 6.07) is 25.2. The number of hydrogen-bond donors (Lipinski definition) is 2. The number of fused-ring (bicyclic) bond motifs is 1. The number of hydrogen-bond acceptors (Lipinski definition) is 3. The Morgan fingerprint density at radius 3 is 2.34 bits per heavy atom. The summed E-state index contributed by atoms with van der Waals surface area (Å²) in [6.07, 6.45) is 6.27. The molecule has 0 saturated carbocycles. The number of nitrogens with zero attached hydrogens (tertiary/aromatic N) is 1. The Balaban J connectivity index is 1.20. The molecule has 35 heavy (non-hydrogen) atoms. The summed E-state index contributed by atoms with van der Waals surface area (Å²) in [5, 5.41) is 6.13. The molecule has 2 amide bonds. The highest BCUT2D eigenvalue weighted by Crippen LogP contribution is 2.30. The van der Waals surface area contributed by atoms with E-state index in [1.165, 1.54) is 45.2 Å². The van der Waals surface area contributed by atoms with E-state index in [1.807, 2.05) is 54.6 Å². The second-order valence-corrected chi connectivity index (χ2v) is 9.65. The summed E-state index contributed by atoms with van der Waals surface area (Å²) in [5.74, 6) is 0.317. The maximum atomic E-state index is 13.0. The lowest BCUT2D eigenvalue weighted by molar-refractivity contribution is 0.0575. The average molecular weight is 468 g/mol. The SMILES string of the molecule is O=C(NC[C@H]1CCCN2CCCC[C@H]12)c1ccc(NC(=O)c2ccccc2-c2ccccc2)cc1. The van der Waals surface area contributed by atoms with Crippen molar-refractivity contribution in [1.29, 1.82) is 0 Å². The van der Waals surface area contributed by atoms with Crippen LogP contribution in [0.5, 0.6) is 0 Å². The van der Waals surface area contributed by atoms with Crippen LogP contribution in [0.1, 0.15) is 52.8 Å². The van der Waals surface area contributed by atoms with Gasteiger partial charge in [-0.25, -0.2) is 0 Å². The minimum absolute atomic E-state index is 0.0507. The molecule has 180 valence electrons. The Morgan fingerprint density at radius 1 is 0.771 bits per heavy atom. The quantitative estimate of drug-likeness (QED) is 0.496. The first kappa shape index (κ1) is 23.3. The number of carbonyl (C=O) groups excluding carboxylic acids is 2. The molecule has 2 fully saturated rings. The third kappa shape index (κ3) is 5.46. The molecule has 2 saturated heterocycles. The lowest BCUT2D eigenvalue weighted by Crippen LogP contribution is -2.51. The first-order chi connectivity index (χ1) is 17.2. The fourth-order valence-electron chi connectivity index (χ4n) is 5.60. The zero-order valence-electron chi connectivity index (χ0n) is 20.1. The third-order valence-electron chi connectivity index (χ3n) is 7.41. The van der Waals surface area contributed by atoms with Gasteiger partial charge in [-0.1, -0.05) is 55.0 Å². The van der Waals surface area contributed by atoms with Gasteiger partial charge in [0, 0.05) is 29.4 Å². The van der Waals surface area contributed by atoms with E-state index in [-0.39, 0.29) is 11.8 Å². The van der Waals surface area contributed by atoms with Crippen LogP contribution >= 0.6 is 0 Å². The van der Waals surface area contributed by atoms with Crippen molar-refractivity contribution in [3.63, 3.8) is 0 Å². The van der Waals surface area contributed by atoms with Crippen molar-refractivity contribution in [2.45, 2.75) is 38.1 Å². The molecule has 3 aromatic carbocycles.